The third-order valence-electron chi connectivity index (χ3n) is 3.77. The van der Waals surface area contributed by atoms with Gasteiger partial charge in [-0.25, -0.2) is 9.67 Å². The summed E-state index contributed by atoms with van der Waals surface area (Å²) in [6, 6.07) is 0. The molecule has 1 aliphatic rings. The van der Waals surface area contributed by atoms with Gasteiger partial charge in [0.15, 0.2) is 5.65 Å². The Labute approximate surface area is 140 Å². The molecule has 23 heavy (non-hydrogen) atoms. The molecule has 0 spiro atoms. The summed E-state index contributed by atoms with van der Waals surface area (Å²) in [6.07, 6.45) is 4.31. The lowest BCUT2D eigenvalue weighted by molar-refractivity contribution is -0.149. The monoisotopic (exact) mass is 384 g/mol. The summed E-state index contributed by atoms with van der Waals surface area (Å²) in [5, 5.41) is 4.44. The Morgan fingerprint density at radius 2 is 2.35 bits per heavy atom. The number of rotatable bonds is 4. The Hall–Kier alpha value is -1.74. The van der Waals surface area contributed by atoms with Crippen LogP contribution < -0.4 is 5.56 Å². The van der Waals surface area contributed by atoms with Gasteiger partial charge in [0.2, 0.25) is 0 Å². The molecule has 0 N–H and O–H groups in total. The van der Waals surface area contributed by atoms with Crippen LogP contribution in [0.4, 0.5) is 0 Å². The molecular weight excluding hydrogens is 368 g/mol. The highest BCUT2D eigenvalue weighted by Crippen LogP contribution is 2.16. The maximum atomic E-state index is 12.4. The normalized spacial score (nSPS) is 18.3. The van der Waals surface area contributed by atoms with Gasteiger partial charge in [-0.15, -0.1) is 0 Å². The fourth-order valence-corrected chi connectivity index (χ4v) is 3.14. The lowest BCUT2D eigenvalue weighted by atomic mass is 10.1. The predicted octanol–water partition coefficient (Wildman–Crippen LogP) is 1.00. The molecule has 3 rings (SSSR count). The average Bonchev–Trinajstić information content (AvgIpc) is 2.84. The van der Waals surface area contributed by atoms with Gasteiger partial charge >= 0.3 is 5.97 Å². The molecule has 0 bridgehead atoms. The molecule has 0 aliphatic carbocycles. The Kier molecular flexibility index (Phi) is 4.76. The minimum atomic E-state index is -0.484. The Morgan fingerprint density at radius 3 is 3.09 bits per heavy atom. The number of fused-ring (bicyclic) bond motifs is 1. The van der Waals surface area contributed by atoms with Crippen LogP contribution in [0.15, 0.2) is 15.7 Å². The molecule has 1 unspecified atom stereocenters. The molecular formula is C14H17BrN4O4. The van der Waals surface area contributed by atoms with Crippen LogP contribution in [0.25, 0.3) is 11.0 Å². The van der Waals surface area contributed by atoms with Crippen molar-refractivity contribution < 1.29 is 14.3 Å². The van der Waals surface area contributed by atoms with Gasteiger partial charge < -0.3 is 9.47 Å². The topological polar surface area (TPSA) is 88.2 Å². The third-order valence-corrected chi connectivity index (χ3v) is 4.33. The van der Waals surface area contributed by atoms with Gasteiger partial charge in [-0.05, 0) is 35.2 Å². The summed E-state index contributed by atoms with van der Waals surface area (Å²) >= 11 is 3.23. The summed E-state index contributed by atoms with van der Waals surface area (Å²) < 4.78 is 13.8. The minimum Gasteiger partial charge on any atom is -0.462 e. The summed E-state index contributed by atoms with van der Waals surface area (Å²) in [6.45, 7) is 0.743. The van der Waals surface area contributed by atoms with Gasteiger partial charge in [0.25, 0.3) is 5.56 Å². The summed E-state index contributed by atoms with van der Waals surface area (Å²) in [5.41, 5.74) is 0.128. The number of halogens is 1. The van der Waals surface area contributed by atoms with Gasteiger partial charge in [0.1, 0.15) is 29.5 Å². The van der Waals surface area contributed by atoms with Crippen molar-refractivity contribution in [3.8, 4) is 0 Å². The van der Waals surface area contributed by atoms with Gasteiger partial charge in [0.05, 0.1) is 6.10 Å². The zero-order valence-electron chi connectivity index (χ0n) is 12.7. The second-order valence-electron chi connectivity index (χ2n) is 5.46. The van der Waals surface area contributed by atoms with Crippen LogP contribution in [0.2, 0.25) is 0 Å². The zero-order valence-corrected chi connectivity index (χ0v) is 14.3. The largest absolute Gasteiger partial charge is 0.462 e. The van der Waals surface area contributed by atoms with Crippen LogP contribution in [-0.4, -0.2) is 44.6 Å². The summed E-state index contributed by atoms with van der Waals surface area (Å²) in [4.78, 5) is 28.5. The fraction of sp³-hybridized carbons (Fsp3) is 0.571. The molecule has 1 fully saturated rings. The smallest absolute Gasteiger partial charge is 0.326 e. The first-order valence-electron chi connectivity index (χ1n) is 7.41. The van der Waals surface area contributed by atoms with E-state index in [4.69, 9.17) is 9.47 Å². The van der Waals surface area contributed by atoms with Crippen molar-refractivity contribution in [2.24, 2.45) is 7.05 Å². The van der Waals surface area contributed by atoms with E-state index in [0.717, 1.165) is 19.3 Å². The van der Waals surface area contributed by atoms with Crippen LogP contribution in [0.5, 0.6) is 0 Å². The lowest BCUT2D eigenvalue weighted by Crippen LogP contribution is -2.29. The number of carbonyl (C=O) groups is 1. The van der Waals surface area contributed by atoms with Crippen molar-refractivity contribution in [2.45, 2.75) is 31.9 Å². The number of hydrogen-bond donors (Lipinski definition) is 0. The average molecular weight is 385 g/mol. The first-order chi connectivity index (χ1) is 11.1. The maximum absolute atomic E-state index is 12.4. The lowest BCUT2D eigenvalue weighted by Gasteiger charge is -2.22. The second-order valence-corrected chi connectivity index (χ2v) is 6.21. The second kappa shape index (κ2) is 6.79. The highest BCUT2D eigenvalue weighted by atomic mass is 79.9. The number of aryl methyl sites for hydroxylation is 1. The van der Waals surface area contributed by atoms with Crippen LogP contribution >= 0.6 is 15.9 Å². The molecule has 1 atom stereocenters. The number of esters is 1. The Morgan fingerprint density at radius 1 is 1.52 bits per heavy atom. The zero-order chi connectivity index (χ0) is 16.4. The van der Waals surface area contributed by atoms with Crippen molar-refractivity contribution in [1.82, 2.24) is 19.3 Å². The fourth-order valence-electron chi connectivity index (χ4n) is 2.56. The van der Waals surface area contributed by atoms with Crippen molar-refractivity contribution in [3.05, 3.63) is 21.3 Å². The molecule has 0 radical (unpaired) electrons. The van der Waals surface area contributed by atoms with E-state index in [1.165, 1.54) is 15.6 Å². The van der Waals surface area contributed by atoms with Crippen molar-refractivity contribution in [3.63, 3.8) is 0 Å². The van der Waals surface area contributed by atoms with E-state index in [0.29, 0.717) is 22.2 Å². The van der Waals surface area contributed by atoms with Crippen LogP contribution in [0.3, 0.4) is 0 Å². The Balaban J connectivity index is 1.68. The Bertz CT molecular complexity index is 779. The number of ether oxygens (including phenoxy) is 2. The quantitative estimate of drug-likeness (QED) is 0.730. The van der Waals surface area contributed by atoms with Crippen molar-refractivity contribution >= 4 is 32.9 Å². The number of aromatic nitrogens is 4. The first kappa shape index (κ1) is 16.1. The van der Waals surface area contributed by atoms with Crippen LogP contribution in [0, 0.1) is 0 Å². The van der Waals surface area contributed by atoms with Gasteiger partial charge in [-0.2, -0.15) is 5.10 Å². The van der Waals surface area contributed by atoms with Gasteiger partial charge in [-0.1, -0.05) is 0 Å². The minimum absolute atomic E-state index is 0.0440. The van der Waals surface area contributed by atoms with E-state index in [1.807, 2.05) is 0 Å². The van der Waals surface area contributed by atoms with Crippen molar-refractivity contribution in [1.29, 1.82) is 0 Å². The van der Waals surface area contributed by atoms with Gasteiger partial charge in [0, 0.05) is 13.7 Å². The third kappa shape index (κ3) is 3.45. The molecule has 1 aliphatic heterocycles. The molecule has 9 heteroatoms. The molecule has 0 aromatic carbocycles. The van der Waals surface area contributed by atoms with E-state index in [-0.39, 0.29) is 24.8 Å². The van der Waals surface area contributed by atoms with E-state index in [1.54, 1.807) is 7.05 Å². The standard InChI is InChI=1S/C14H17BrN4O4/c1-18-13-11(12(15)17-18)14(21)19(8-16-13)6-10(20)23-7-9-4-2-3-5-22-9/h8-9H,2-7H2,1H3. The molecule has 124 valence electrons. The van der Waals surface area contributed by atoms with E-state index in [9.17, 15) is 9.59 Å². The van der Waals surface area contributed by atoms with Gasteiger partial charge in [-0.3, -0.25) is 14.2 Å². The van der Waals surface area contributed by atoms with Crippen LogP contribution in [0.1, 0.15) is 19.3 Å². The number of nitrogens with zero attached hydrogens (tertiary/aromatic N) is 4. The van der Waals surface area contributed by atoms with Crippen LogP contribution in [-0.2, 0) is 27.9 Å². The van der Waals surface area contributed by atoms with E-state index >= 15 is 0 Å². The van der Waals surface area contributed by atoms with E-state index < -0.39 is 5.97 Å². The number of carbonyl (C=O) groups excluding carboxylic acids is 1. The molecule has 0 amide bonds. The summed E-state index contributed by atoms with van der Waals surface area (Å²) in [5.74, 6) is -0.484. The molecule has 8 nitrogen and oxygen atoms in total. The van der Waals surface area contributed by atoms with Crippen molar-refractivity contribution in [2.75, 3.05) is 13.2 Å². The maximum Gasteiger partial charge on any atom is 0.326 e. The molecule has 2 aromatic heterocycles. The molecule has 2 aromatic rings. The summed E-state index contributed by atoms with van der Waals surface area (Å²) in [7, 11) is 1.70. The SMILES string of the molecule is Cn1nc(Br)c2c(=O)n(CC(=O)OCC3CCCCO3)cnc21. The first-order valence-corrected chi connectivity index (χ1v) is 8.20. The molecule has 0 saturated carbocycles. The molecule has 1 saturated heterocycles. The number of hydrogen-bond acceptors (Lipinski definition) is 6. The highest BCUT2D eigenvalue weighted by molar-refractivity contribution is 9.10. The molecule has 3 heterocycles. The highest BCUT2D eigenvalue weighted by Gasteiger charge is 2.18. The van der Waals surface area contributed by atoms with E-state index in [2.05, 4.69) is 26.0 Å². The predicted molar refractivity (Wildman–Crippen MR) is 85.0 cm³/mol.